The second-order valence-electron chi connectivity index (χ2n) is 6.34. The summed E-state index contributed by atoms with van der Waals surface area (Å²) in [5.41, 5.74) is 0.770. The van der Waals surface area contributed by atoms with E-state index in [1.165, 1.54) is 25.3 Å². The van der Waals surface area contributed by atoms with Gasteiger partial charge in [-0.25, -0.2) is 15.0 Å². The zero-order chi connectivity index (χ0) is 20.9. The quantitative estimate of drug-likeness (QED) is 0.707. The van der Waals surface area contributed by atoms with Crippen LogP contribution in [0.1, 0.15) is 32.3 Å². The third kappa shape index (κ3) is 6.08. The highest BCUT2D eigenvalue weighted by molar-refractivity contribution is 5.88. The van der Waals surface area contributed by atoms with Crippen LogP contribution in [-0.4, -0.2) is 40.7 Å². The first-order chi connectivity index (χ1) is 13.1. The molecule has 1 atom stereocenters. The van der Waals surface area contributed by atoms with Gasteiger partial charge in [0.15, 0.2) is 5.75 Å². The first-order valence-corrected chi connectivity index (χ1v) is 8.52. The number of ether oxygens (including phenoxy) is 2. The SMILES string of the molecule is COC(C)COc1cnc(NC(C)=O)cc1Nc1cc(C)nc(C(C)(F)F)n1. The molecule has 28 heavy (non-hydrogen) atoms. The Kier molecular flexibility index (Phi) is 6.79. The fourth-order valence-electron chi connectivity index (χ4n) is 2.15. The van der Waals surface area contributed by atoms with Crippen LogP contribution in [0.3, 0.4) is 0 Å². The number of pyridine rings is 1. The molecule has 0 spiro atoms. The van der Waals surface area contributed by atoms with Crippen molar-refractivity contribution in [2.75, 3.05) is 24.4 Å². The zero-order valence-electron chi connectivity index (χ0n) is 16.3. The summed E-state index contributed by atoms with van der Waals surface area (Å²) in [6.07, 6.45) is 1.24. The molecule has 0 fully saturated rings. The predicted molar refractivity (Wildman–Crippen MR) is 100 cm³/mol. The lowest BCUT2D eigenvalue weighted by atomic mass is 10.3. The van der Waals surface area contributed by atoms with Crippen LogP contribution in [0.2, 0.25) is 0 Å². The molecule has 2 N–H and O–H groups in total. The van der Waals surface area contributed by atoms with Crippen molar-refractivity contribution in [1.29, 1.82) is 0 Å². The van der Waals surface area contributed by atoms with Gasteiger partial charge in [-0.3, -0.25) is 4.79 Å². The van der Waals surface area contributed by atoms with Gasteiger partial charge in [-0.1, -0.05) is 0 Å². The van der Waals surface area contributed by atoms with Crippen molar-refractivity contribution in [3.05, 3.63) is 29.8 Å². The first-order valence-electron chi connectivity index (χ1n) is 8.52. The van der Waals surface area contributed by atoms with Crippen molar-refractivity contribution in [3.63, 3.8) is 0 Å². The van der Waals surface area contributed by atoms with Gasteiger partial charge in [0.1, 0.15) is 18.2 Å². The van der Waals surface area contributed by atoms with Crippen molar-refractivity contribution < 1.29 is 23.0 Å². The number of nitrogens with one attached hydrogen (secondary N) is 2. The molecule has 1 amide bonds. The van der Waals surface area contributed by atoms with Gasteiger partial charge < -0.3 is 20.1 Å². The van der Waals surface area contributed by atoms with E-state index in [1.54, 1.807) is 14.0 Å². The van der Waals surface area contributed by atoms with Crippen molar-refractivity contribution in [2.45, 2.75) is 39.7 Å². The maximum absolute atomic E-state index is 13.6. The number of aromatic nitrogens is 3. The molecule has 0 aliphatic carbocycles. The Morgan fingerprint density at radius 3 is 2.61 bits per heavy atom. The second-order valence-corrected chi connectivity index (χ2v) is 6.34. The van der Waals surface area contributed by atoms with Crippen LogP contribution in [0, 0.1) is 6.92 Å². The Labute approximate surface area is 161 Å². The number of anilines is 3. The number of methoxy groups -OCH3 is 1. The second kappa shape index (κ2) is 8.87. The van der Waals surface area contributed by atoms with Crippen molar-refractivity contribution >= 4 is 23.2 Å². The highest BCUT2D eigenvalue weighted by Gasteiger charge is 2.29. The van der Waals surface area contributed by atoms with Crippen LogP contribution in [0.4, 0.5) is 26.1 Å². The van der Waals surface area contributed by atoms with Gasteiger partial charge in [-0.2, -0.15) is 8.78 Å². The number of alkyl halides is 2. The van der Waals surface area contributed by atoms with Gasteiger partial charge in [0.05, 0.1) is 18.0 Å². The average Bonchev–Trinajstić information content (AvgIpc) is 2.59. The summed E-state index contributed by atoms with van der Waals surface area (Å²) in [4.78, 5) is 23.1. The lowest BCUT2D eigenvalue weighted by Gasteiger charge is -2.17. The summed E-state index contributed by atoms with van der Waals surface area (Å²) in [6, 6.07) is 3.05. The van der Waals surface area contributed by atoms with E-state index in [9.17, 15) is 13.6 Å². The standard InChI is InChI=1S/C18H23F2N5O3/c1-10-6-16(25-17(22-10)18(4,19)20)24-13-7-15(23-12(3)26)21-8-14(13)28-9-11(2)27-5/h6-8,11H,9H2,1-5H3,(H2,21,22,23,24,25,26). The minimum Gasteiger partial charge on any atom is -0.487 e. The molecule has 2 rings (SSSR count). The zero-order valence-corrected chi connectivity index (χ0v) is 16.3. The smallest absolute Gasteiger partial charge is 0.303 e. The molecule has 0 aromatic carbocycles. The molecule has 2 heterocycles. The van der Waals surface area contributed by atoms with E-state index in [2.05, 4.69) is 25.6 Å². The largest absolute Gasteiger partial charge is 0.487 e. The number of aryl methyl sites for hydroxylation is 1. The molecule has 2 aromatic rings. The lowest BCUT2D eigenvalue weighted by molar-refractivity contribution is -0.114. The molecule has 0 aliphatic heterocycles. The van der Waals surface area contributed by atoms with Crippen molar-refractivity contribution in [3.8, 4) is 5.75 Å². The number of hydrogen-bond donors (Lipinski definition) is 2. The van der Waals surface area contributed by atoms with Gasteiger partial charge in [-0.15, -0.1) is 0 Å². The summed E-state index contributed by atoms with van der Waals surface area (Å²) in [5.74, 6) is -3.30. The molecule has 8 nitrogen and oxygen atoms in total. The molecular formula is C18H23F2N5O3. The minimum atomic E-state index is -3.19. The third-order valence-corrected chi connectivity index (χ3v) is 3.56. The van der Waals surface area contributed by atoms with Gasteiger partial charge in [0.2, 0.25) is 11.7 Å². The van der Waals surface area contributed by atoms with E-state index in [0.717, 1.165) is 6.92 Å². The summed E-state index contributed by atoms with van der Waals surface area (Å²) >= 11 is 0. The van der Waals surface area contributed by atoms with E-state index in [0.29, 0.717) is 17.1 Å². The third-order valence-electron chi connectivity index (χ3n) is 3.56. The highest BCUT2D eigenvalue weighted by Crippen LogP contribution is 2.31. The fourth-order valence-corrected chi connectivity index (χ4v) is 2.15. The van der Waals surface area contributed by atoms with Crippen molar-refractivity contribution in [2.24, 2.45) is 0 Å². The number of carbonyl (C=O) groups is 1. The summed E-state index contributed by atoms with van der Waals surface area (Å²) in [6.45, 7) is 5.74. The lowest BCUT2D eigenvalue weighted by Crippen LogP contribution is -2.17. The first kappa shape index (κ1) is 21.4. The van der Waals surface area contributed by atoms with Crippen LogP contribution < -0.4 is 15.4 Å². The molecule has 10 heteroatoms. The fraction of sp³-hybridized carbons (Fsp3) is 0.444. The topological polar surface area (TPSA) is 98.3 Å². The number of nitrogens with zero attached hydrogens (tertiary/aromatic N) is 3. The monoisotopic (exact) mass is 395 g/mol. The summed E-state index contributed by atoms with van der Waals surface area (Å²) in [7, 11) is 1.56. The number of hydrogen-bond acceptors (Lipinski definition) is 7. The van der Waals surface area contributed by atoms with E-state index >= 15 is 0 Å². The average molecular weight is 395 g/mol. The Hall–Kier alpha value is -2.88. The maximum atomic E-state index is 13.6. The predicted octanol–water partition coefficient (Wildman–Crippen LogP) is 3.41. The van der Waals surface area contributed by atoms with Crippen molar-refractivity contribution in [1.82, 2.24) is 15.0 Å². The Bertz CT molecular complexity index is 842. The number of carbonyl (C=O) groups excluding carboxylic acids is 1. The van der Waals surface area contributed by atoms with Crippen LogP contribution >= 0.6 is 0 Å². The molecule has 0 radical (unpaired) electrons. The van der Waals surface area contributed by atoms with Gasteiger partial charge in [0, 0.05) is 38.8 Å². The van der Waals surface area contributed by atoms with Crippen LogP contribution in [-0.2, 0) is 15.5 Å². The molecule has 0 saturated heterocycles. The van der Waals surface area contributed by atoms with E-state index in [4.69, 9.17) is 9.47 Å². The van der Waals surface area contributed by atoms with Crippen LogP contribution in [0.25, 0.3) is 0 Å². The van der Waals surface area contributed by atoms with Crippen LogP contribution in [0.15, 0.2) is 18.3 Å². The van der Waals surface area contributed by atoms with E-state index < -0.39 is 11.7 Å². The number of amides is 1. The summed E-state index contributed by atoms with van der Waals surface area (Å²) in [5, 5.41) is 5.50. The molecule has 1 unspecified atom stereocenters. The van der Waals surface area contributed by atoms with E-state index in [1.807, 2.05) is 6.92 Å². The molecule has 0 saturated carbocycles. The summed E-state index contributed by atoms with van der Waals surface area (Å²) < 4.78 is 38.1. The Morgan fingerprint density at radius 1 is 1.29 bits per heavy atom. The van der Waals surface area contributed by atoms with E-state index in [-0.39, 0.29) is 30.3 Å². The minimum absolute atomic E-state index is 0.161. The molecule has 0 bridgehead atoms. The molecule has 152 valence electrons. The molecule has 0 aliphatic rings. The normalized spacial score (nSPS) is 12.4. The van der Waals surface area contributed by atoms with Gasteiger partial charge in [0.25, 0.3) is 0 Å². The van der Waals surface area contributed by atoms with Gasteiger partial charge in [-0.05, 0) is 13.8 Å². The van der Waals surface area contributed by atoms with Crippen LogP contribution in [0.5, 0.6) is 5.75 Å². The Morgan fingerprint density at radius 2 is 2.00 bits per heavy atom. The van der Waals surface area contributed by atoms with Gasteiger partial charge >= 0.3 is 5.92 Å². The highest BCUT2D eigenvalue weighted by atomic mass is 19.3. The number of halogens is 2. The number of rotatable bonds is 8. The maximum Gasteiger partial charge on any atom is 0.303 e. The molecule has 2 aromatic heterocycles. The molecular weight excluding hydrogens is 372 g/mol. The Balaban J connectivity index is 2.38.